The minimum absolute atomic E-state index is 0.354. The number of carbonyl (C=O) groups is 1. The molecular weight excluding hydrogens is 388 g/mol. The van der Waals surface area contributed by atoms with Crippen molar-refractivity contribution in [1.29, 1.82) is 0 Å². The fourth-order valence-corrected chi connectivity index (χ4v) is 2.85. The normalized spacial score (nSPS) is 10.6. The van der Waals surface area contributed by atoms with Gasteiger partial charge in [-0.1, -0.05) is 6.07 Å². The molecule has 0 atom stereocenters. The van der Waals surface area contributed by atoms with Crippen molar-refractivity contribution in [2.45, 2.75) is 6.92 Å². The van der Waals surface area contributed by atoms with Gasteiger partial charge in [-0.15, -0.1) is 0 Å². The van der Waals surface area contributed by atoms with E-state index < -0.39 is 0 Å². The van der Waals surface area contributed by atoms with Crippen molar-refractivity contribution in [3.05, 3.63) is 51.5 Å². The Balaban J connectivity index is 2.16. The first-order valence-corrected chi connectivity index (χ1v) is 8.19. The topological polar surface area (TPSA) is 69.2 Å². The molecule has 2 aromatic carbocycles. The molecule has 0 aromatic heterocycles. The number of rotatable bonds is 6. The number of hydrogen-bond acceptors (Lipinski definition) is 5. The van der Waals surface area contributed by atoms with Crippen molar-refractivity contribution in [2.75, 3.05) is 21.3 Å². The quantitative estimate of drug-likeness (QED) is 0.588. The molecule has 132 valence electrons. The zero-order valence-corrected chi connectivity index (χ0v) is 16.0. The van der Waals surface area contributed by atoms with Crippen LogP contribution in [0.3, 0.4) is 0 Å². The number of aryl methyl sites for hydroxylation is 1. The van der Waals surface area contributed by atoms with E-state index in [2.05, 4.69) is 26.5 Å². The number of amides is 1. The first-order valence-electron chi connectivity index (χ1n) is 7.39. The molecule has 0 unspecified atom stereocenters. The van der Waals surface area contributed by atoms with Crippen LogP contribution in [0.2, 0.25) is 0 Å². The van der Waals surface area contributed by atoms with Crippen LogP contribution in [0.15, 0.2) is 39.9 Å². The van der Waals surface area contributed by atoms with Gasteiger partial charge in [0, 0.05) is 0 Å². The van der Waals surface area contributed by atoms with E-state index in [-0.39, 0.29) is 5.91 Å². The van der Waals surface area contributed by atoms with Gasteiger partial charge in [-0.2, -0.15) is 5.10 Å². The third kappa shape index (κ3) is 4.51. The highest BCUT2D eigenvalue weighted by molar-refractivity contribution is 9.10. The Labute approximate surface area is 154 Å². The predicted molar refractivity (Wildman–Crippen MR) is 100 cm³/mol. The molecule has 0 aliphatic carbocycles. The van der Waals surface area contributed by atoms with Gasteiger partial charge in [-0.25, -0.2) is 5.43 Å². The third-order valence-corrected chi connectivity index (χ3v) is 4.03. The zero-order chi connectivity index (χ0) is 18.4. The number of nitrogens with one attached hydrogen (secondary N) is 1. The molecule has 1 amide bonds. The van der Waals surface area contributed by atoms with Crippen LogP contribution in [0, 0.1) is 6.92 Å². The Morgan fingerprint density at radius 3 is 2.44 bits per heavy atom. The molecule has 0 fully saturated rings. The molecule has 0 aliphatic heterocycles. The molecule has 0 bridgehead atoms. The molecule has 0 spiro atoms. The fraction of sp³-hybridized carbons (Fsp3) is 0.222. The summed E-state index contributed by atoms with van der Waals surface area (Å²) in [6, 6.07) is 8.90. The Morgan fingerprint density at radius 2 is 1.80 bits per heavy atom. The number of benzene rings is 2. The number of ether oxygens (including phenoxy) is 3. The van der Waals surface area contributed by atoms with E-state index in [0.29, 0.717) is 22.8 Å². The van der Waals surface area contributed by atoms with Gasteiger partial charge in [0.25, 0.3) is 5.91 Å². The van der Waals surface area contributed by atoms with Gasteiger partial charge in [0.1, 0.15) is 5.75 Å². The summed E-state index contributed by atoms with van der Waals surface area (Å²) < 4.78 is 16.5. The molecule has 2 rings (SSSR count). The van der Waals surface area contributed by atoms with Crippen molar-refractivity contribution >= 4 is 28.1 Å². The molecule has 2 aromatic rings. The summed E-state index contributed by atoms with van der Waals surface area (Å²) >= 11 is 3.41. The largest absolute Gasteiger partial charge is 0.496 e. The Hall–Kier alpha value is -2.54. The van der Waals surface area contributed by atoms with E-state index in [0.717, 1.165) is 15.6 Å². The molecule has 0 heterocycles. The fourth-order valence-electron chi connectivity index (χ4n) is 2.22. The highest BCUT2D eigenvalue weighted by atomic mass is 79.9. The summed E-state index contributed by atoms with van der Waals surface area (Å²) in [7, 11) is 4.64. The van der Waals surface area contributed by atoms with Gasteiger partial charge < -0.3 is 14.2 Å². The molecule has 0 saturated carbocycles. The molecule has 0 aliphatic rings. The Morgan fingerprint density at radius 1 is 1.08 bits per heavy atom. The lowest BCUT2D eigenvalue weighted by Crippen LogP contribution is -2.18. The van der Waals surface area contributed by atoms with Crippen LogP contribution in [0.1, 0.15) is 21.5 Å². The second kappa shape index (κ2) is 8.53. The van der Waals surface area contributed by atoms with E-state index in [1.165, 1.54) is 13.3 Å². The van der Waals surface area contributed by atoms with Gasteiger partial charge in [-0.05, 0) is 58.2 Å². The van der Waals surface area contributed by atoms with Crippen molar-refractivity contribution < 1.29 is 19.0 Å². The Kier molecular flexibility index (Phi) is 6.41. The van der Waals surface area contributed by atoms with E-state index in [4.69, 9.17) is 14.2 Å². The molecule has 25 heavy (non-hydrogen) atoms. The minimum atomic E-state index is -0.354. The van der Waals surface area contributed by atoms with Crippen molar-refractivity contribution in [3.63, 3.8) is 0 Å². The van der Waals surface area contributed by atoms with E-state index in [1.807, 2.05) is 19.1 Å². The summed E-state index contributed by atoms with van der Waals surface area (Å²) in [5.41, 5.74) is 4.65. The van der Waals surface area contributed by atoms with E-state index in [1.54, 1.807) is 32.4 Å². The van der Waals surface area contributed by atoms with Crippen LogP contribution in [0.4, 0.5) is 0 Å². The van der Waals surface area contributed by atoms with Crippen molar-refractivity contribution in [3.8, 4) is 17.2 Å². The van der Waals surface area contributed by atoms with Gasteiger partial charge in [-0.3, -0.25) is 4.79 Å². The smallest absolute Gasteiger partial charge is 0.275 e. The molecule has 0 saturated heterocycles. The van der Waals surface area contributed by atoms with Crippen LogP contribution < -0.4 is 19.6 Å². The zero-order valence-electron chi connectivity index (χ0n) is 14.4. The Bertz CT molecular complexity index is 806. The maximum atomic E-state index is 12.3. The SMILES string of the molecule is COc1cc(C)ccc1C(=O)N/N=C\c1cc(Br)c(OC)c(OC)c1. The van der Waals surface area contributed by atoms with E-state index in [9.17, 15) is 4.79 Å². The summed E-state index contributed by atoms with van der Waals surface area (Å²) in [4.78, 5) is 12.3. The molecule has 0 radical (unpaired) electrons. The summed E-state index contributed by atoms with van der Waals surface area (Å²) in [5.74, 6) is 1.30. The average Bonchev–Trinajstić information content (AvgIpc) is 2.60. The first kappa shape index (κ1) is 18.8. The maximum Gasteiger partial charge on any atom is 0.275 e. The van der Waals surface area contributed by atoms with Crippen LogP contribution in [-0.2, 0) is 0 Å². The lowest BCUT2D eigenvalue weighted by molar-refractivity contribution is 0.0952. The molecule has 1 N–H and O–H groups in total. The lowest BCUT2D eigenvalue weighted by Gasteiger charge is -2.10. The van der Waals surface area contributed by atoms with Crippen LogP contribution >= 0.6 is 15.9 Å². The van der Waals surface area contributed by atoms with Gasteiger partial charge in [0.05, 0.1) is 37.6 Å². The molecule has 6 nitrogen and oxygen atoms in total. The second-order valence-corrected chi connectivity index (χ2v) is 6.00. The highest BCUT2D eigenvalue weighted by Gasteiger charge is 2.12. The lowest BCUT2D eigenvalue weighted by atomic mass is 10.1. The third-order valence-electron chi connectivity index (χ3n) is 3.44. The number of hydrazone groups is 1. The van der Waals surface area contributed by atoms with Gasteiger partial charge in [0.15, 0.2) is 11.5 Å². The number of methoxy groups -OCH3 is 3. The maximum absolute atomic E-state index is 12.3. The average molecular weight is 407 g/mol. The van der Waals surface area contributed by atoms with Gasteiger partial charge in [0.2, 0.25) is 0 Å². The monoisotopic (exact) mass is 406 g/mol. The standard InChI is InChI=1S/C18H19BrN2O4/c1-11-5-6-13(15(7-11)23-2)18(22)21-20-10-12-8-14(19)17(25-4)16(9-12)24-3/h5-10H,1-4H3,(H,21,22)/b20-10-. The second-order valence-electron chi connectivity index (χ2n) is 5.14. The van der Waals surface area contributed by atoms with Crippen LogP contribution in [0.25, 0.3) is 0 Å². The predicted octanol–water partition coefficient (Wildman–Crippen LogP) is 3.55. The van der Waals surface area contributed by atoms with Crippen molar-refractivity contribution in [2.24, 2.45) is 5.10 Å². The number of hydrogen-bond donors (Lipinski definition) is 1. The summed E-state index contributed by atoms with van der Waals surface area (Å²) in [5, 5.41) is 3.99. The highest BCUT2D eigenvalue weighted by Crippen LogP contribution is 2.35. The summed E-state index contributed by atoms with van der Waals surface area (Å²) in [6.07, 6.45) is 1.52. The minimum Gasteiger partial charge on any atom is -0.496 e. The van der Waals surface area contributed by atoms with Gasteiger partial charge >= 0.3 is 0 Å². The van der Waals surface area contributed by atoms with E-state index >= 15 is 0 Å². The van der Waals surface area contributed by atoms with Crippen LogP contribution in [-0.4, -0.2) is 33.5 Å². The van der Waals surface area contributed by atoms with Crippen molar-refractivity contribution in [1.82, 2.24) is 5.43 Å². The number of carbonyl (C=O) groups excluding carboxylic acids is 1. The molecule has 7 heteroatoms. The number of nitrogens with zero attached hydrogens (tertiary/aromatic N) is 1. The van der Waals surface area contributed by atoms with Crippen LogP contribution in [0.5, 0.6) is 17.2 Å². The first-order chi connectivity index (χ1) is 12.0. The summed E-state index contributed by atoms with van der Waals surface area (Å²) in [6.45, 7) is 1.93. The molecular formula is C18H19BrN2O4. The number of halogens is 1.